The Balaban J connectivity index is 1.58. The van der Waals surface area contributed by atoms with Crippen LogP contribution >= 0.6 is 11.3 Å². The molecule has 3 aromatic heterocycles. The first-order valence-corrected chi connectivity index (χ1v) is 11.6. The number of H-pyrrole nitrogens is 1. The number of carbonyl (C=O) groups is 1. The molecule has 0 spiro atoms. The van der Waals surface area contributed by atoms with Gasteiger partial charge in [0.05, 0.1) is 36.0 Å². The van der Waals surface area contributed by atoms with Crippen molar-refractivity contribution in [3.8, 4) is 50.5 Å². The number of carbonyl (C=O) groups excluding carboxylic acids is 1. The van der Waals surface area contributed by atoms with Gasteiger partial charge in [0.15, 0.2) is 11.5 Å². The zero-order chi connectivity index (χ0) is 24.2. The Labute approximate surface area is 206 Å². The van der Waals surface area contributed by atoms with Gasteiger partial charge in [-0.2, -0.15) is 0 Å². The lowest BCUT2D eigenvalue weighted by molar-refractivity contribution is 0.0724. The smallest absolute Gasteiger partial charge is 0.345 e. The Morgan fingerprint density at radius 3 is 2.31 bits per heavy atom. The molecule has 0 bridgehead atoms. The van der Waals surface area contributed by atoms with E-state index in [1.807, 2.05) is 41.8 Å². The number of aromatic amines is 1. The first-order valence-electron chi connectivity index (χ1n) is 10.8. The van der Waals surface area contributed by atoms with E-state index in [4.69, 9.17) is 19.2 Å². The number of rotatable bonds is 7. The van der Waals surface area contributed by atoms with Crippen molar-refractivity contribution in [1.29, 1.82) is 0 Å². The largest absolute Gasteiger partial charge is 0.493 e. The molecule has 0 saturated heterocycles. The van der Waals surface area contributed by atoms with Crippen LogP contribution in [0.5, 0.6) is 17.2 Å². The lowest BCUT2D eigenvalue weighted by Crippen LogP contribution is -2.10. The van der Waals surface area contributed by atoms with Gasteiger partial charge in [0.25, 0.3) is 0 Å². The Morgan fingerprint density at radius 1 is 0.914 bits per heavy atom. The van der Waals surface area contributed by atoms with Crippen LogP contribution in [0.4, 0.5) is 0 Å². The van der Waals surface area contributed by atoms with Crippen molar-refractivity contribution in [2.75, 3.05) is 14.2 Å². The van der Waals surface area contributed by atoms with Gasteiger partial charge in [-0.3, -0.25) is 4.98 Å². The molecular formula is C27H21N3O4S. The van der Waals surface area contributed by atoms with Gasteiger partial charge in [-0.15, -0.1) is 11.3 Å². The van der Waals surface area contributed by atoms with Gasteiger partial charge in [0.2, 0.25) is 5.75 Å². The van der Waals surface area contributed by atoms with Crippen LogP contribution in [0.25, 0.3) is 33.2 Å². The second-order valence-electron chi connectivity index (χ2n) is 7.49. The monoisotopic (exact) mass is 483 g/mol. The van der Waals surface area contributed by atoms with Crippen molar-refractivity contribution >= 4 is 17.3 Å². The highest BCUT2D eigenvalue weighted by Gasteiger charge is 2.22. The number of benzene rings is 2. The Bertz CT molecular complexity index is 1420. The van der Waals surface area contributed by atoms with Crippen LogP contribution < -0.4 is 14.2 Å². The Hall–Kier alpha value is -4.43. The summed E-state index contributed by atoms with van der Waals surface area (Å²) >= 11 is 1.63. The fourth-order valence-electron chi connectivity index (χ4n) is 3.67. The summed E-state index contributed by atoms with van der Waals surface area (Å²) in [5, 5.41) is 2.03. The van der Waals surface area contributed by atoms with Crippen molar-refractivity contribution in [2.24, 2.45) is 0 Å². The zero-order valence-electron chi connectivity index (χ0n) is 19.0. The molecule has 5 aromatic rings. The van der Waals surface area contributed by atoms with Crippen molar-refractivity contribution in [3.63, 3.8) is 0 Å². The maximum Gasteiger partial charge on any atom is 0.345 e. The average Bonchev–Trinajstić information content (AvgIpc) is 3.60. The molecular weight excluding hydrogens is 462 g/mol. The van der Waals surface area contributed by atoms with Crippen LogP contribution in [-0.4, -0.2) is 35.1 Å². The summed E-state index contributed by atoms with van der Waals surface area (Å²) in [6.45, 7) is 0. The number of imidazole rings is 1. The molecule has 0 saturated carbocycles. The Kier molecular flexibility index (Phi) is 6.28. The molecule has 3 heterocycles. The van der Waals surface area contributed by atoms with Gasteiger partial charge in [-0.1, -0.05) is 36.4 Å². The number of ether oxygens (including phenoxy) is 3. The summed E-state index contributed by atoms with van der Waals surface area (Å²) in [6.07, 6.45) is 3.03. The van der Waals surface area contributed by atoms with Gasteiger partial charge in [-0.05, 0) is 35.7 Å². The summed E-state index contributed by atoms with van der Waals surface area (Å²) in [4.78, 5) is 26.1. The van der Waals surface area contributed by atoms with Crippen LogP contribution in [0.1, 0.15) is 10.4 Å². The molecule has 7 nitrogen and oxygen atoms in total. The fourth-order valence-corrected chi connectivity index (χ4v) is 4.39. The molecule has 0 amide bonds. The number of thiophene rings is 1. The van der Waals surface area contributed by atoms with E-state index in [-0.39, 0.29) is 5.75 Å². The second kappa shape index (κ2) is 9.82. The van der Waals surface area contributed by atoms with Gasteiger partial charge < -0.3 is 19.2 Å². The highest BCUT2D eigenvalue weighted by molar-refractivity contribution is 7.13. The van der Waals surface area contributed by atoms with Gasteiger partial charge >= 0.3 is 5.97 Å². The summed E-state index contributed by atoms with van der Waals surface area (Å²) in [5.41, 5.74) is 3.80. The predicted octanol–water partition coefficient (Wildman–Crippen LogP) is 6.10. The van der Waals surface area contributed by atoms with E-state index in [1.54, 1.807) is 41.8 Å². The maximum atomic E-state index is 12.7. The maximum absolute atomic E-state index is 12.7. The van der Waals surface area contributed by atoms with Crippen molar-refractivity contribution < 1.29 is 19.0 Å². The van der Waals surface area contributed by atoms with Gasteiger partial charge in [0.1, 0.15) is 5.82 Å². The fraction of sp³-hybridized carbons (Fsp3) is 0.0741. The molecule has 0 fully saturated rings. The number of pyridine rings is 1. The van der Waals surface area contributed by atoms with E-state index in [0.29, 0.717) is 22.9 Å². The minimum atomic E-state index is -0.563. The van der Waals surface area contributed by atoms with Crippen LogP contribution in [0.3, 0.4) is 0 Å². The Morgan fingerprint density at radius 2 is 1.69 bits per heavy atom. The molecule has 0 aliphatic rings. The predicted molar refractivity (Wildman–Crippen MR) is 135 cm³/mol. The van der Waals surface area contributed by atoms with Crippen LogP contribution in [0.15, 0.2) is 84.5 Å². The van der Waals surface area contributed by atoms with E-state index in [0.717, 1.165) is 27.4 Å². The third-order valence-electron chi connectivity index (χ3n) is 5.34. The number of nitrogens with zero attached hydrogens (tertiary/aromatic N) is 2. The highest BCUT2D eigenvalue weighted by atomic mass is 32.1. The summed E-state index contributed by atoms with van der Waals surface area (Å²) in [5.74, 6) is 0.931. The quantitative estimate of drug-likeness (QED) is 0.222. The minimum Gasteiger partial charge on any atom is -0.493 e. The molecule has 174 valence electrons. The molecule has 0 radical (unpaired) electrons. The standard InChI is InChI=1S/C27H21N3O4S/c1-32-20-14-19(15-21(33-2)25(20)34-27(31)18-10-6-12-28-16-18)26-29-23(17-8-4-3-5-9-17)24(30-26)22-11-7-13-35-22/h3-16H,1-2H3,(H,29,30). The molecule has 0 atom stereocenters. The van der Waals surface area contributed by atoms with Crippen LogP contribution in [0.2, 0.25) is 0 Å². The lowest BCUT2D eigenvalue weighted by atomic mass is 10.1. The van der Waals surface area contributed by atoms with Crippen LogP contribution in [-0.2, 0) is 0 Å². The second-order valence-corrected chi connectivity index (χ2v) is 8.44. The molecule has 2 aromatic carbocycles. The number of hydrogen-bond donors (Lipinski definition) is 1. The normalized spacial score (nSPS) is 10.7. The van der Waals surface area contributed by atoms with Crippen molar-refractivity contribution in [1.82, 2.24) is 15.0 Å². The van der Waals surface area contributed by atoms with Crippen molar-refractivity contribution in [2.45, 2.75) is 0 Å². The van der Waals surface area contributed by atoms with E-state index >= 15 is 0 Å². The number of esters is 1. The van der Waals surface area contributed by atoms with E-state index < -0.39 is 5.97 Å². The average molecular weight is 484 g/mol. The van der Waals surface area contributed by atoms with Gasteiger partial charge in [-0.25, -0.2) is 9.78 Å². The zero-order valence-corrected chi connectivity index (χ0v) is 19.8. The third kappa shape index (κ3) is 4.51. The van der Waals surface area contributed by atoms with E-state index in [9.17, 15) is 4.79 Å². The van der Waals surface area contributed by atoms with Crippen LogP contribution in [0, 0.1) is 0 Å². The van der Waals surface area contributed by atoms with Gasteiger partial charge in [0, 0.05) is 23.5 Å². The van der Waals surface area contributed by atoms with E-state index in [1.165, 1.54) is 20.4 Å². The molecule has 0 aliphatic carbocycles. The first-order chi connectivity index (χ1) is 17.2. The molecule has 8 heteroatoms. The first kappa shape index (κ1) is 22.4. The molecule has 5 rings (SSSR count). The summed E-state index contributed by atoms with van der Waals surface area (Å²) in [7, 11) is 3.02. The van der Waals surface area contributed by atoms with Crippen molar-refractivity contribution in [3.05, 3.63) is 90.1 Å². The summed E-state index contributed by atoms with van der Waals surface area (Å²) in [6, 6.07) is 20.9. The number of aromatic nitrogens is 3. The number of nitrogens with one attached hydrogen (secondary N) is 1. The topological polar surface area (TPSA) is 86.3 Å². The SMILES string of the molecule is COc1cc(-c2nc(-c3ccccc3)c(-c3cccs3)[nH]2)cc(OC)c1OC(=O)c1cccnc1. The molecule has 0 aliphatic heterocycles. The summed E-state index contributed by atoms with van der Waals surface area (Å²) < 4.78 is 16.8. The van der Waals surface area contributed by atoms with E-state index in [2.05, 4.69) is 16.0 Å². The molecule has 0 unspecified atom stereocenters. The number of hydrogen-bond acceptors (Lipinski definition) is 7. The highest BCUT2D eigenvalue weighted by Crippen LogP contribution is 2.43. The molecule has 1 N–H and O–H groups in total. The number of methoxy groups -OCH3 is 2. The lowest BCUT2D eigenvalue weighted by Gasteiger charge is -2.14. The molecule has 35 heavy (non-hydrogen) atoms. The minimum absolute atomic E-state index is 0.181. The third-order valence-corrected chi connectivity index (χ3v) is 6.23.